The number of para-hydroxylation sites is 1. The van der Waals surface area contributed by atoms with Gasteiger partial charge in [-0.2, -0.15) is 0 Å². The Labute approximate surface area is 99.8 Å². The molecule has 17 heavy (non-hydrogen) atoms. The molecule has 4 heteroatoms. The van der Waals surface area contributed by atoms with Crippen molar-refractivity contribution in [3.05, 3.63) is 36.1 Å². The predicted octanol–water partition coefficient (Wildman–Crippen LogP) is 1.30. The molecule has 1 aromatic heterocycles. The Morgan fingerprint density at radius 2 is 2.24 bits per heavy atom. The van der Waals surface area contributed by atoms with Crippen LogP contribution in [-0.4, -0.2) is 19.5 Å². The van der Waals surface area contributed by atoms with E-state index in [9.17, 15) is 4.79 Å². The molecule has 0 saturated heterocycles. The summed E-state index contributed by atoms with van der Waals surface area (Å²) in [6, 6.07) is 9.74. The highest BCUT2D eigenvalue weighted by atomic mass is 16.3. The molecule has 90 valence electrons. The summed E-state index contributed by atoms with van der Waals surface area (Å²) in [7, 11) is 1.61. The van der Waals surface area contributed by atoms with E-state index in [0.29, 0.717) is 13.0 Å². The third kappa shape index (κ3) is 2.47. The fraction of sp³-hybridized carbons (Fsp3) is 0.308. The summed E-state index contributed by atoms with van der Waals surface area (Å²) in [5.74, 6) is 0.513. The zero-order valence-corrected chi connectivity index (χ0v) is 9.77. The van der Waals surface area contributed by atoms with Gasteiger partial charge < -0.3 is 15.5 Å². The molecule has 0 aliphatic carbocycles. The van der Waals surface area contributed by atoms with Crippen LogP contribution in [0.4, 0.5) is 0 Å². The summed E-state index contributed by atoms with van der Waals surface area (Å²) in [6.45, 7) is 0.316. The maximum atomic E-state index is 11.5. The van der Waals surface area contributed by atoms with Crippen LogP contribution in [-0.2, 0) is 11.2 Å². The first-order valence-corrected chi connectivity index (χ1v) is 5.63. The van der Waals surface area contributed by atoms with Gasteiger partial charge in [0.1, 0.15) is 11.3 Å². The molecule has 1 heterocycles. The number of nitrogens with one attached hydrogen (secondary N) is 1. The lowest BCUT2D eigenvalue weighted by Crippen LogP contribution is -2.33. The molecule has 1 unspecified atom stereocenters. The average Bonchev–Trinajstić information content (AvgIpc) is 2.77. The van der Waals surface area contributed by atoms with Crippen molar-refractivity contribution in [3.63, 3.8) is 0 Å². The third-order valence-corrected chi connectivity index (χ3v) is 2.83. The van der Waals surface area contributed by atoms with Crippen LogP contribution in [0.5, 0.6) is 0 Å². The second-order valence-electron chi connectivity index (χ2n) is 4.00. The highest BCUT2D eigenvalue weighted by Gasteiger charge is 2.17. The van der Waals surface area contributed by atoms with Crippen LogP contribution in [0, 0.1) is 5.92 Å². The van der Waals surface area contributed by atoms with Gasteiger partial charge in [-0.1, -0.05) is 18.2 Å². The topological polar surface area (TPSA) is 68.3 Å². The van der Waals surface area contributed by atoms with E-state index in [0.717, 1.165) is 16.7 Å². The summed E-state index contributed by atoms with van der Waals surface area (Å²) in [5.41, 5.74) is 6.43. The molecular formula is C13H16N2O2. The molecule has 1 aromatic carbocycles. The number of hydrogen-bond donors (Lipinski definition) is 2. The third-order valence-electron chi connectivity index (χ3n) is 2.83. The summed E-state index contributed by atoms with van der Waals surface area (Å²) in [5, 5.41) is 3.66. The van der Waals surface area contributed by atoms with Crippen molar-refractivity contribution in [2.45, 2.75) is 6.42 Å². The number of fused-ring (bicyclic) bond motifs is 1. The number of carbonyl (C=O) groups is 1. The van der Waals surface area contributed by atoms with E-state index in [1.165, 1.54) is 0 Å². The molecule has 3 N–H and O–H groups in total. The van der Waals surface area contributed by atoms with E-state index < -0.39 is 0 Å². The number of carbonyl (C=O) groups excluding carboxylic acids is 1. The van der Waals surface area contributed by atoms with E-state index in [1.807, 2.05) is 30.3 Å². The molecule has 0 spiro atoms. The number of hydrogen-bond acceptors (Lipinski definition) is 3. The standard InChI is InChI=1S/C13H16N2O2/c1-15-13(16)10(8-14)7-11-6-9-4-2-3-5-12(9)17-11/h2-6,10H,7-8,14H2,1H3,(H,15,16). The van der Waals surface area contributed by atoms with Crippen molar-refractivity contribution in [1.82, 2.24) is 5.32 Å². The van der Waals surface area contributed by atoms with Gasteiger partial charge in [0.2, 0.25) is 5.91 Å². The molecule has 1 amide bonds. The van der Waals surface area contributed by atoms with E-state index in [4.69, 9.17) is 10.2 Å². The first kappa shape index (κ1) is 11.7. The lowest BCUT2D eigenvalue weighted by atomic mass is 10.0. The normalized spacial score (nSPS) is 12.6. The van der Waals surface area contributed by atoms with Gasteiger partial charge in [0.05, 0.1) is 5.92 Å². The molecular weight excluding hydrogens is 216 g/mol. The van der Waals surface area contributed by atoms with E-state index >= 15 is 0 Å². The molecule has 0 radical (unpaired) electrons. The van der Waals surface area contributed by atoms with E-state index in [1.54, 1.807) is 7.05 Å². The summed E-state index contributed by atoms with van der Waals surface area (Å²) < 4.78 is 5.66. The number of amides is 1. The van der Waals surface area contributed by atoms with Crippen molar-refractivity contribution >= 4 is 16.9 Å². The Bertz CT molecular complexity index is 486. The minimum Gasteiger partial charge on any atom is -0.461 e. The van der Waals surface area contributed by atoms with Crippen LogP contribution in [0.2, 0.25) is 0 Å². The van der Waals surface area contributed by atoms with E-state index in [-0.39, 0.29) is 11.8 Å². The average molecular weight is 232 g/mol. The number of furan rings is 1. The minimum absolute atomic E-state index is 0.0482. The molecule has 0 aliphatic rings. The monoisotopic (exact) mass is 232 g/mol. The van der Waals surface area contributed by atoms with Gasteiger partial charge in [-0.3, -0.25) is 4.79 Å². The van der Waals surface area contributed by atoms with Crippen LogP contribution in [0.3, 0.4) is 0 Å². The fourth-order valence-corrected chi connectivity index (χ4v) is 1.87. The van der Waals surface area contributed by atoms with Gasteiger partial charge in [-0.05, 0) is 12.1 Å². The van der Waals surface area contributed by atoms with E-state index in [2.05, 4.69) is 5.32 Å². The summed E-state index contributed by atoms with van der Waals surface area (Å²) >= 11 is 0. The first-order chi connectivity index (χ1) is 8.24. The van der Waals surface area contributed by atoms with Crippen molar-refractivity contribution in [3.8, 4) is 0 Å². The van der Waals surface area contributed by atoms with Gasteiger partial charge in [0.25, 0.3) is 0 Å². The first-order valence-electron chi connectivity index (χ1n) is 5.63. The van der Waals surface area contributed by atoms with Crippen LogP contribution < -0.4 is 11.1 Å². The lowest BCUT2D eigenvalue weighted by molar-refractivity contribution is -0.124. The number of nitrogens with two attached hydrogens (primary N) is 1. The maximum absolute atomic E-state index is 11.5. The lowest BCUT2D eigenvalue weighted by Gasteiger charge is -2.10. The quantitative estimate of drug-likeness (QED) is 0.834. The van der Waals surface area contributed by atoms with Gasteiger partial charge >= 0.3 is 0 Å². The molecule has 0 aliphatic heterocycles. The van der Waals surface area contributed by atoms with Gasteiger partial charge in [0.15, 0.2) is 0 Å². The molecule has 4 nitrogen and oxygen atoms in total. The molecule has 0 bridgehead atoms. The molecule has 2 rings (SSSR count). The Morgan fingerprint density at radius 1 is 1.47 bits per heavy atom. The van der Waals surface area contributed by atoms with Gasteiger partial charge in [0, 0.05) is 25.4 Å². The van der Waals surface area contributed by atoms with Gasteiger partial charge in [-0.25, -0.2) is 0 Å². The Balaban J connectivity index is 2.19. The SMILES string of the molecule is CNC(=O)C(CN)Cc1cc2ccccc2o1. The second kappa shape index (κ2) is 5.01. The Morgan fingerprint density at radius 3 is 2.88 bits per heavy atom. The zero-order valence-electron chi connectivity index (χ0n) is 9.77. The summed E-state index contributed by atoms with van der Waals surface area (Å²) in [4.78, 5) is 11.5. The largest absolute Gasteiger partial charge is 0.461 e. The van der Waals surface area contributed by atoms with Crippen LogP contribution in [0.1, 0.15) is 5.76 Å². The molecule has 0 saturated carbocycles. The molecule has 1 atom stereocenters. The zero-order chi connectivity index (χ0) is 12.3. The maximum Gasteiger partial charge on any atom is 0.224 e. The predicted molar refractivity (Wildman–Crippen MR) is 66.5 cm³/mol. The summed E-state index contributed by atoms with van der Waals surface area (Å²) in [6.07, 6.45) is 0.533. The van der Waals surface area contributed by atoms with Crippen molar-refractivity contribution < 1.29 is 9.21 Å². The van der Waals surface area contributed by atoms with Crippen LogP contribution in [0.25, 0.3) is 11.0 Å². The smallest absolute Gasteiger partial charge is 0.224 e. The molecule has 2 aromatic rings. The highest BCUT2D eigenvalue weighted by Crippen LogP contribution is 2.20. The van der Waals surface area contributed by atoms with Crippen LogP contribution in [0.15, 0.2) is 34.7 Å². The Hall–Kier alpha value is -1.81. The fourth-order valence-electron chi connectivity index (χ4n) is 1.87. The Kier molecular flexibility index (Phi) is 3.44. The molecule has 0 fully saturated rings. The number of rotatable bonds is 4. The minimum atomic E-state index is -0.236. The highest BCUT2D eigenvalue weighted by molar-refractivity contribution is 5.80. The second-order valence-corrected chi connectivity index (χ2v) is 4.00. The number of benzene rings is 1. The van der Waals surface area contributed by atoms with Crippen molar-refractivity contribution in [2.75, 3.05) is 13.6 Å². The van der Waals surface area contributed by atoms with Crippen LogP contribution >= 0.6 is 0 Å². The van der Waals surface area contributed by atoms with Gasteiger partial charge in [-0.15, -0.1) is 0 Å². The van der Waals surface area contributed by atoms with Crippen molar-refractivity contribution in [2.24, 2.45) is 11.7 Å². The van der Waals surface area contributed by atoms with Crippen molar-refractivity contribution in [1.29, 1.82) is 0 Å².